The summed E-state index contributed by atoms with van der Waals surface area (Å²) in [5, 5.41) is 3.82. The molecule has 1 aromatic carbocycles. The van der Waals surface area contributed by atoms with Gasteiger partial charge < -0.3 is 9.73 Å². The van der Waals surface area contributed by atoms with E-state index in [0.29, 0.717) is 24.0 Å². The van der Waals surface area contributed by atoms with Crippen LogP contribution in [0.3, 0.4) is 0 Å². The van der Waals surface area contributed by atoms with Crippen LogP contribution in [-0.4, -0.2) is 22.4 Å². The van der Waals surface area contributed by atoms with Gasteiger partial charge in [0.2, 0.25) is 0 Å². The number of rotatable bonds is 2. The van der Waals surface area contributed by atoms with Gasteiger partial charge in [0.25, 0.3) is 5.91 Å². The van der Waals surface area contributed by atoms with Crippen LogP contribution in [0.2, 0.25) is 0 Å². The van der Waals surface area contributed by atoms with E-state index in [4.69, 9.17) is 4.42 Å². The SMILES string of the molecule is O=C1NC2(CCCCCCC2)C(=O)N1Cc1cc(=O)oc2cc3c(cc12)CCC3. The standard InChI is InChI=1S/C23H26N2O4/c26-20-13-17(18-11-15-7-6-8-16(15)12-19(18)29-20)14-25-21(27)23(24-22(25)28)9-4-2-1-3-5-10-23/h11-13H,1-10,14H2,(H,24,28). The highest BCUT2D eigenvalue weighted by Gasteiger charge is 2.50. The maximum atomic E-state index is 13.3. The van der Waals surface area contributed by atoms with Crippen LogP contribution in [0.25, 0.3) is 11.0 Å². The highest BCUT2D eigenvalue weighted by molar-refractivity contribution is 6.07. The fraction of sp³-hybridized carbons (Fsp3) is 0.522. The van der Waals surface area contributed by atoms with Crippen LogP contribution >= 0.6 is 0 Å². The molecule has 5 rings (SSSR count). The lowest BCUT2D eigenvalue weighted by atomic mass is 9.84. The Morgan fingerprint density at radius 1 is 0.897 bits per heavy atom. The molecular weight excluding hydrogens is 368 g/mol. The third kappa shape index (κ3) is 3.15. The fourth-order valence-electron chi connectivity index (χ4n) is 5.26. The summed E-state index contributed by atoms with van der Waals surface area (Å²) >= 11 is 0. The Hall–Kier alpha value is -2.63. The Morgan fingerprint density at radius 2 is 1.59 bits per heavy atom. The van der Waals surface area contributed by atoms with Gasteiger partial charge in [0.1, 0.15) is 11.1 Å². The van der Waals surface area contributed by atoms with Crippen molar-refractivity contribution in [2.75, 3.05) is 0 Å². The van der Waals surface area contributed by atoms with Crippen LogP contribution in [0.4, 0.5) is 4.79 Å². The molecule has 3 amide bonds. The second kappa shape index (κ2) is 7.01. The third-order valence-electron chi connectivity index (χ3n) is 6.82. The van der Waals surface area contributed by atoms with Crippen LogP contribution in [0.1, 0.15) is 68.1 Å². The van der Waals surface area contributed by atoms with Crippen molar-refractivity contribution in [2.45, 2.75) is 76.3 Å². The lowest BCUT2D eigenvalue weighted by Gasteiger charge is -2.28. The van der Waals surface area contributed by atoms with Crippen LogP contribution in [0, 0.1) is 0 Å². The first-order chi connectivity index (χ1) is 14.1. The largest absolute Gasteiger partial charge is 0.423 e. The van der Waals surface area contributed by atoms with E-state index in [1.807, 2.05) is 6.07 Å². The number of amides is 3. The molecule has 1 N–H and O–H groups in total. The molecule has 2 fully saturated rings. The Kier molecular flexibility index (Phi) is 4.45. The van der Waals surface area contributed by atoms with Gasteiger partial charge in [0, 0.05) is 11.5 Å². The maximum Gasteiger partial charge on any atom is 0.336 e. The summed E-state index contributed by atoms with van der Waals surface area (Å²) in [5.74, 6) is -0.146. The molecule has 0 atom stereocenters. The summed E-state index contributed by atoms with van der Waals surface area (Å²) in [6.45, 7) is 0.104. The molecule has 0 bridgehead atoms. The Labute approximate surface area is 169 Å². The second-order valence-electron chi connectivity index (χ2n) is 8.73. The molecule has 2 heterocycles. The zero-order valence-corrected chi connectivity index (χ0v) is 16.6. The summed E-state index contributed by atoms with van der Waals surface area (Å²) in [6, 6.07) is 5.09. The molecule has 1 aromatic heterocycles. The molecule has 6 heteroatoms. The van der Waals surface area contributed by atoms with E-state index in [2.05, 4.69) is 11.4 Å². The zero-order chi connectivity index (χ0) is 20.0. The number of aryl methyl sites for hydroxylation is 2. The topological polar surface area (TPSA) is 79.6 Å². The highest BCUT2D eigenvalue weighted by atomic mass is 16.4. The van der Waals surface area contributed by atoms with E-state index in [1.54, 1.807) is 0 Å². The number of carbonyl (C=O) groups excluding carboxylic acids is 2. The summed E-state index contributed by atoms with van der Waals surface area (Å²) in [5.41, 5.74) is 2.49. The van der Waals surface area contributed by atoms with Crippen LogP contribution < -0.4 is 10.9 Å². The van der Waals surface area contributed by atoms with Crippen molar-refractivity contribution in [3.8, 4) is 0 Å². The molecule has 29 heavy (non-hydrogen) atoms. The molecule has 0 radical (unpaired) electrons. The number of imide groups is 1. The number of hydrogen-bond acceptors (Lipinski definition) is 4. The van der Waals surface area contributed by atoms with Gasteiger partial charge in [-0.25, -0.2) is 9.59 Å². The van der Waals surface area contributed by atoms with E-state index in [9.17, 15) is 14.4 Å². The van der Waals surface area contributed by atoms with Gasteiger partial charge >= 0.3 is 11.7 Å². The summed E-state index contributed by atoms with van der Waals surface area (Å²) in [6.07, 6.45) is 9.77. The molecule has 2 aliphatic carbocycles. The number of urea groups is 1. The van der Waals surface area contributed by atoms with Gasteiger partial charge in [0.15, 0.2) is 0 Å². The van der Waals surface area contributed by atoms with E-state index < -0.39 is 11.2 Å². The van der Waals surface area contributed by atoms with Crippen molar-refractivity contribution in [3.63, 3.8) is 0 Å². The zero-order valence-electron chi connectivity index (χ0n) is 16.6. The molecule has 6 nitrogen and oxygen atoms in total. The van der Waals surface area contributed by atoms with Crippen molar-refractivity contribution in [1.82, 2.24) is 10.2 Å². The first kappa shape index (κ1) is 18.4. The van der Waals surface area contributed by atoms with Crippen LogP contribution in [0.5, 0.6) is 0 Å². The van der Waals surface area contributed by atoms with Crippen molar-refractivity contribution in [3.05, 3.63) is 45.3 Å². The van der Waals surface area contributed by atoms with Gasteiger partial charge in [-0.3, -0.25) is 9.69 Å². The van der Waals surface area contributed by atoms with E-state index in [0.717, 1.165) is 50.3 Å². The van der Waals surface area contributed by atoms with Crippen LogP contribution in [-0.2, 0) is 24.2 Å². The minimum atomic E-state index is -0.770. The Bertz CT molecular complexity index is 1050. The number of fused-ring (bicyclic) bond motifs is 2. The van der Waals surface area contributed by atoms with Crippen molar-refractivity contribution < 1.29 is 14.0 Å². The summed E-state index contributed by atoms with van der Waals surface area (Å²) in [7, 11) is 0. The fourth-order valence-corrected chi connectivity index (χ4v) is 5.26. The minimum Gasteiger partial charge on any atom is -0.423 e. The minimum absolute atomic E-state index is 0.104. The van der Waals surface area contributed by atoms with E-state index >= 15 is 0 Å². The third-order valence-corrected chi connectivity index (χ3v) is 6.82. The first-order valence-corrected chi connectivity index (χ1v) is 10.8. The molecule has 1 saturated carbocycles. The number of carbonyl (C=O) groups is 2. The second-order valence-corrected chi connectivity index (χ2v) is 8.73. The molecular formula is C23H26N2O4. The predicted octanol–water partition coefficient (Wildman–Crippen LogP) is 3.82. The smallest absolute Gasteiger partial charge is 0.336 e. The van der Waals surface area contributed by atoms with Crippen molar-refractivity contribution in [2.24, 2.45) is 0 Å². The Morgan fingerprint density at radius 3 is 2.34 bits per heavy atom. The molecule has 2 aromatic rings. The lowest BCUT2D eigenvalue weighted by molar-refractivity contribution is -0.132. The Balaban J connectivity index is 1.50. The van der Waals surface area contributed by atoms with Gasteiger partial charge in [-0.2, -0.15) is 0 Å². The van der Waals surface area contributed by atoms with Crippen LogP contribution in [0.15, 0.2) is 27.4 Å². The summed E-state index contributed by atoms with van der Waals surface area (Å²) < 4.78 is 5.43. The average molecular weight is 394 g/mol. The summed E-state index contributed by atoms with van der Waals surface area (Å²) in [4.78, 5) is 39.5. The van der Waals surface area contributed by atoms with Gasteiger partial charge in [0.05, 0.1) is 6.54 Å². The molecule has 1 saturated heterocycles. The van der Waals surface area contributed by atoms with E-state index in [-0.39, 0.29) is 18.5 Å². The monoisotopic (exact) mass is 394 g/mol. The van der Waals surface area contributed by atoms with Gasteiger partial charge in [-0.15, -0.1) is 0 Å². The normalized spacial score (nSPS) is 21.3. The average Bonchev–Trinajstić information content (AvgIpc) is 3.21. The highest BCUT2D eigenvalue weighted by Crippen LogP contribution is 2.34. The quantitative estimate of drug-likeness (QED) is 0.620. The van der Waals surface area contributed by atoms with E-state index in [1.165, 1.54) is 28.5 Å². The lowest BCUT2D eigenvalue weighted by Crippen LogP contribution is -2.47. The molecule has 1 aliphatic heterocycles. The number of nitrogens with zero attached hydrogens (tertiary/aromatic N) is 1. The first-order valence-electron chi connectivity index (χ1n) is 10.8. The maximum absolute atomic E-state index is 13.3. The number of nitrogens with one attached hydrogen (secondary N) is 1. The predicted molar refractivity (Wildman–Crippen MR) is 109 cm³/mol. The van der Waals surface area contributed by atoms with Gasteiger partial charge in [-0.05, 0) is 60.9 Å². The van der Waals surface area contributed by atoms with Crippen molar-refractivity contribution >= 4 is 22.9 Å². The molecule has 152 valence electrons. The molecule has 1 spiro atoms. The molecule has 0 unspecified atom stereocenters. The van der Waals surface area contributed by atoms with Crippen molar-refractivity contribution in [1.29, 1.82) is 0 Å². The van der Waals surface area contributed by atoms with Gasteiger partial charge in [-0.1, -0.05) is 32.1 Å². The number of hydrogen-bond donors (Lipinski definition) is 1. The number of benzene rings is 1. The molecule has 3 aliphatic rings.